The largest absolute Gasteiger partial charge is 0.465 e. The molecule has 2 rings (SSSR count). The highest BCUT2D eigenvalue weighted by Gasteiger charge is 2.40. The zero-order valence-electron chi connectivity index (χ0n) is 8.09. The summed E-state index contributed by atoms with van der Waals surface area (Å²) < 4.78 is 0. The molecule has 0 spiro atoms. The van der Waals surface area contributed by atoms with E-state index in [1.54, 1.807) is 0 Å². The molecule has 0 radical (unpaired) electrons. The summed E-state index contributed by atoms with van der Waals surface area (Å²) in [4.78, 5) is 14.2. The molecule has 0 aromatic heterocycles. The number of amides is 1. The van der Waals surface area contributed by atoms with E-state index in [1.807, 2.05) is 0 Å². The summed E-state index contributed by atoms with van der Waals surface area (Å²) in [5.41, 5.74) is 0. The minimum atomic E-state index is -0.832. The van der Waals surface area contributed by atoms with Gasteiger partial charge in [-0.25, -0.2) is 4.79 Å². The van der Waals surface area contributed by atoms with Gasteiger partial charge in [0.1, 0.15) is 0 Å². The Kier molecular flexibility index (Phi) is 2.60. The standard InChI is InChI=1S/C9H16N2O3/c12-4-3-11(7-1-2-7)8-5-10(6-8)9(13)14/h7-8,12H,1-6H2,(H,13,14). The Hall–Kier alpha value is -0.810. The van der Waals surface area contributed by atoms with Crippen LogP contribution >= 0.6 is 0 Å². The van der Waals surface area contributed by atoms with Crippen molar-refractivity contribution in [1.29, 1.82) is 0 Å². The van der Waals surface area contributed by atoms with Gasteiger partial charge < -0.3 is 15.1 Å². The molecule has 1 heterocycles. The van der Waals surface area contributed by atoms with Crippen LogP contribution in [0.4, 0.5) is 4.79 Å². The van der Waals surface area contributed by atoms with Crippen LogP contribution in [-0.4, -0.2) is 64.4 Å². The normalized spacial score (nSPS) is 22.6. The average molecular weight is 200 g/mol. The summed E-state index contributed by atoms with van der Waals surface area (Å²) >= 11 is 0. The molecule has 0 aromatic rings. The summed E-state index contributed by atoms with van der Waals surface area (Å²) in [6.45, 7) is 2.06. The molecule has 14 heavy (non-hydrogen) atoms. The van der Waals surface area contributed by atoms with Gasteiger partial charge in [0, 0.05) is 31.7 Å². The van der Waals surface area contributed by atoms with Crippen LogP contribution < -0.4 is 0 Å². The number of likely N-dealkylation sites (tertiary alicyclic amines) is 1. The van der Waals surface area contributed by atoms with E-state index in [9.17, 15) is 4.79 Å². The molecule has 1 aliphatic heterocycles. The van der Waals surface area contributed by atoms with Crippen LogP contribution in [0.5, 0.6) is 0 Å². The van der Waals surface area contributed by atoms with Crippen molar-refractivity contribution in [3.63, 3.8) is 0 Å². The molecule has 0 atom stereocenters. The van der Waals surface area contributed by atoms with Gasteiger partial charge in [0.05, 0.1) is 6.61 Å². The van der Waals surface area contributed by atoms with Gasteiger partial charge in [-0.15, -0.1) is 0 Å². The van der Waals surface area contributed by atoms with Crippen LogP contribution in [0.25, 0.3) is 0 Å². The second-order valence-corrected chi connectivity index (χ2v) is 4.03. The van der Waals surface area contributed by atoms with Gasteiger partial charge in [0.15, 0.2) is 0 Å². The number of aliphatic hydroxyl groups is 1. The van der Waals surface area contributed by atoms with E-state index in [1.165, 1.54) is 17.7 Å². The van der Waals surface area contributed by atoms with Crippen molar-refractivity contribution in [1.82, 2.24) is 9.80 Å². The number of nitrogens with zero attached hydrogens (tertiary/aromatic N) is 2. The van der Waals surface area contributed by atoms with E-state index in [2.05, 4.69) is 4.90 Å². The van der Waals surface area contributed by atoms with Crippen molar-refractivity contribution in [2.75, 3.05) is 26.2 Å². The third kappa shape index (κ3) is 1.83. The number of aliphatic hydroxyl groups excluding tert-OH is 1. The number of carbonyl (C=O) groups is 1. The lowest BCUT2D eigenvalue weighted by molar-refractivity contribution is 0.0246. The maximum Gasteiger partial charge on any atom is 0.407 e. The molecule has 0 unspecified atom stereocenters. The van der Waals surface area contributed by atoms with Crippen LogP contribution in [0, 0.1) is 0 Å². The van der Waals surface area contributed by atoms with E-state index in [-0.39, 0.29) is 6.61 Å². The molecule has 5 nitrogen and oxygen atoms in total. The maximum atomic E-state index is 10.6. The molecule has 2 fully saturated rings. The Labute approximate surface area is 82.9 Å². The average Bonchev–Trinajstić information content (AvgIpc) is 2.81. The van der Waals surface area contributed by atoms with Gasteiger partial charge in [-0.2, -0.15) is 0 Å². The van der Waals surface area contributed by atoms with E-state index < -0.39 is 6.09 Å². The maximum absolute atomic E-state index is 10.6. The second kappa shape index (κ2) is 3.74. The molecular formula is C9H16N2O3. The van der Waals surface area contributed by atoms with Crippen molar-refractivity contribution in [3.8, 4) is 0 Å². The first-order chi connectivity index (χ1) is 6.72. The Morgan fingerprint density at radius 3 is 2.43 bits per heavy atom. The minimum Gasteiger partial charge on any atom is -0.465 e. The first kappa shape index (κ1) is 9.73. The molecule has 5 heteroatoms. The predicted molar refractivity (Wildman–Crippen MR) is 50.2 cm³/mol. The highest BCUT2D eigenvalue weighted by Crippen LogP contribution is 2.30. The van der Waals surface area contributed by atoms with E-state index in [4.69, 9.17) is 10.2 Å². The third-order valence-corrected chi connectivity index (χ3v) is 2.98. The molecular weight excluding hydrogens is 184 g/mol. The topological polar surface area (TPSA) is 64.0 Å². The lowest BCUT2D eigenvalue weighted by atomic mass is 10.1. The number of hydrogen-bond acceptors (Lipinski definition) is 3. The second-order valence-electron chi connectivity index (χ2n) is 4.03. The van der Waals surface area contributed by atoms with E-state index in [0.717, 1.165) is 0 Å². The smallest absolute Gasteiger partial charge is 0.407 e. The molecule has 80 valence electrons. The van der Waals surface area contributed by atoms with Gasteiger partial charge in [-0.3, -0.25) is 4.90 Å². The summed E-state index contributed by atoms with van der Waals surface area (Å²) in [5.74, 6) is 0. The number of rotatable bonds is 4. The zero-order chi connectivity index (χ0) is 10.1. The number of carboxylic acid groups (broad SMARTS) is 1. The minimum absolute atomic E-state index is 0.167. The SMILES string of the molecule is O=C(O)N1CC(N(CCO)C2CC2)C1. The number of hydrogen-bond donors (Lipinski definition) is 2. The quantitative estimate of drug-likeness (QED) is 0.660. The van der Waals surface area contributed by atoms with Crippen molar-refractivity contribution in [2.45, 2.75) is 24.9 Å². The third-order valence-electron chi connectivity index (χ3n) is 2.98. The van der Waals surface area contributed by atoms with Crippen molar-refractivity contribution in [2.24, 2.45) is 0 Å². The van der Waals surface area contributed by atoms with Crippen LogP contribution in [0.1, 0.15) is 12.8 Å². The highest BCUT2D eigenvalue weighted by molar-refractivity contribution is 5.66. The molecule has 0 aromatic carbocycles. The van der Waals surface area contributed by atoms with Crippen molar-refractivity contribution >= 4 is 6.09 Å². The van der Waals surface area contributed by atoms with E-state index in [0.29, 0.717) is 31.7 Å². The fourth-order valence-electron chi connectivity index (χ4n) is 2.01. The first-order valence-corrected chi connectivity index (χ1v) is 5.07. The molecule has 0 bridgehead atoms. The van der Waals surface area contributed by atoms with Crippen LogP contribution in [-0.2, 0) is 0 Å². The van der Waals surface area contributed by atoms with Crippen molar-refractivity contribution in [3.05, 3.63) is 0 Å². The molecule has 2 N–H and O–H groups in total. The summed E-state index contributed by atoms with van der Waals surface area (Å²) in [7, 11) is 0. The molecule has 1 amide bonds. The van der Waals surface area contributed by atoms with Crippen LogP contribution in [0.2, 0.25) is 0 Å². The van der Waals surface area contributed by atoms with Gasteiger partial charge in [-0.05, 0) is 12.8 Å². The lowest BCUT2D eigenvalue weighted by Gasteiger charge is -2.44. The Morgan fingerprint density at radius 2 is 2.00 bits per heavy atom. The first-order valence-electron chi connectivity index (χ1n) is 5.07. The fourth-order valence-corrected chi connectivity index (χ4v) is 2.01. The Balaban J connectivity index is 1.80. The zero-order valence-corrected chi connectivity index (χ0v) is 8.09. The van der Waals surface area contributed by atoms with Crippen LogP contribution in [0.3, 0.4) is 0 Å². The molecule has 2 aliphatic rings. The predicted octanol–water partition coefficient (Wildman–Crippen LogP) is -0.195. The summed E-state index contributed by atoms with van der Waals surface area (Å²) in [6, 6.07) is 0.939. The monoisotopic (exact) mass is 200 g/mol. The molecule has 1 saturated carbocycles. The summed E-state index contributed by atoms with van der Waals surface area (Å²) in [6.07, 6.45) is 1.56. The van der Waals surface area contributed by atoms with Gasteiger partial charge >= 0.3 is 6.09 Å². The molecule has 1 saturated heterocycles. The van der Waals surface area contributed by atoms with Crippen LogP contribution in [0.15, 0.2) is 0 Å². The van der Waals surface area contributed by atoms with E-state index >= 15 is 0 Å². The lowest BCUT2D eigenvalue weighted by Crippen LogP contribution is -2.61. The fraction of sp³-hybridized carbons (Fsp3) is 0.889. The van der Waals surface area contributed by atoms with Crippen molar-refractivity contribution < 1.29 is 15.0 Å². The van der Waals surface area contributed by atoms with Gasteiger partial charge in [-0.1, -0.05) is 0 Å². The Bertz CT molecular complexity index is 224. The van der Waals surface area contributed by atoms with Gasteiger partial charge in [0.2, 0.25) is 0 Å². The van der Waals surface area contributed by atoms with Gasteiger partial charge in [0.25, 0.3) is 0 Å². The highest BCUT2D eigenvalue weighted by atomic mass is 16.4. The summed E-state index contributed by atoms with van der Waals surface area (Å²) in [5, 5.41) is 17.6. The Morgan fingerprint density at radius 1 is 1.36 bits per heavy atom. The molecule has 1 aliphatic carbocycles.